The fourth-order valence-corrected chi connectivity index (χ4v) is 3.64. The van der Waals surface area contributed by atoms with Crippen LogP contribution in [0.15, 0.2) is 6.20 Å². The van der Waals surface area contributed by atoms with Crippen molar-refractivity contribution in [2.75, 3.05) is 39.3 Å². The van der Waals surface area contributed by atoms with E-state index in [0.29, 0.717) is 25.9 Å². The van der Waals surface area contributed by atoms with E-state index in [1.54, 1.807) is 0 Å². The van der Waals surface area contributed by atoms with Gasteiger partial charge in [0.25, 0.3) is 0 Å². The predicted octanol–water partition coefficient (Wildman–Crippen LogP) is 1.39. The van der Waals surface area contributed by atoms with Gasteiger partial charge in [0, 0.05) is 50.5 Å². The molecule has 9 heteroatoms. The maximum Gasteiger partial charge on any atom is 0.406 e. The molecule has 0 saturated carbocycles. The number of likely N-dealkylation sites (tertiary alicyclic amines) is 1. The Balaban J connectivity index is 1.53. The van der Waals surface area contributed by atoms with Crippen molar-refractivity contribution in [3.63, 3.8) is 0 Å². The number of amides is 1. The van der Waals surface area contributed by atoms with Crippen molar-refractivity contribution >= 4 is 5.91 Å². The van der Waals surface area contributed by atoms with Gasteiger partial charge in [-0.15, -0.1) is 0 Å². The van der Waals surface area contributed by atoms with Gasteiger partial charge in [0.15, 0.2) is 0 Å². The third-order valence-corrected chi connectivity index (χ3v) is 5.05. The maximum absolute atomic E-state index is 12.6. The molecular weight excluding hydrogens is 335 g/mol. The molecule has 140 valence electrons. The first-order valence-corrected chi connectivity index (χ1v) is 8.64. The number of halogens is 3. The first-order chi connectivity index (χ1) is 11.8. The summed E-state index contributed by atoms with van der Waals surface area (Å²) in [6.07, 6.45) is -1.24. The minimum Gasteiger partial charge on any atom is -0.332 e. The summed E-state index contributed by atoms with van der Waals surface area (Å²) < 4.78 is 37.9. The summed E-state index contributed by atoms with van der Waals surface area (Å²) in [4.78, 5) is 17.7. The number of alkyl halides is 3. The Morgan fingerprint density at radius 2 is 1.96 bits per heavy atom. The molecule has 0 spiro atoms. The third-order valence-electron chi connectivity index (χ3n) is 5.05. The van der Waals surface area contributed by atoms with Gasteiger partial charge < -0.3 is 4.90 Å². The Morgan fingerprint density at radius 3 is 2.56 bits per heavy atom. The second kappa shape index (κ2) is 7.33. The number of aromatic nitrogens is 2. The van der Waals surface area contributed by atoms with E-state index in [0.717, 1.165) is 35.8 Å². The van der Waals surface area contributed by atoms with Crippen molar-refractivity contribution in [3.8, 4) is 0 Å². The molecule has 2 saturated heterocycles. The number of rotatable bonds is 4. The molecule has 1 aromatic heterocycles. The Hall–Kier alpha value is -1.61. The molecule has 0 aromatic carbocycles. The van der Waals surface area contributed by atoms with Gasteiger partial charge in [0.1, 0.15) is 6.54 Å². The molecular formula is C16H24F3N5O. The zero-order chi connectivity index (χ0) is 18.0. The molecule has 0 bridgehead atoms. The lowest BCUT2D eigenvalue weighted by atomic mass is 10.0. The van der Waals surface area contributed by atoms with Crippen molar-refractivity contribution in [2.45, 2.75) is 38.5 Å². The third kappa shape index (κ3) is 4.52. The van der Waals surface area contributed by atoms with Gasteiger partial charge in [-0.2, -0.15) is 18.3 Å². The highest BCUT2D eigenvalue weighted by Gasteiger charge is 2.39. The largest absolute Gasteiger partial charge is 0.406 e. The Bertz CT molecular complexity index is 595. The van der Waals surface area contributed by atoms with E-state index in [2.05, 4.69) is 15.1 Å². The first-order valence-electron chi connectivity index (χ1n) is 8.64. The lowest BCUT2D eigenvalue weighted by Crippen LogP contribution is -2.58. The molecule has 1 aromatic rings. The van der Waals surface area contributed by atoms with Crippen molar-refractivity contribution < 1.29 is 18.0 Å². The van der Waals surface area contributed by atoms with Crippen LogP contribution < -0.4 is 0 Å². The van der Waals surface area contributed by atoms with Crippen LogP contribution >= 0.6 is 0 Å². The maximum atomic E-state index is 12.6. The van der Waals surface area contributed by atoms with E-state index in [1.807, 2.05) is 18.0 Å². The van der Waals surface area contributed by atoms with E-state index >= 15 is 0 Å². The summed E-state index contributed by atoms with van der Waals surface area (Å²) in [6.45, 7) is 4.85. The van der Waals surface area contributed by atoms with Gasteiger partial charge >= 0.3 is 6.18 Å². The van der Waals surface area contributed by atoms with Gasteiger partial charge in [-0.25, -0.2) is 0 Å². The number of H-pyrrole nitrogens is 1. The van der Waals surface area contributed by atoms with Crippen LogP contribution in [-0.2, 0) is 11.3 Å². The van der Waals surface area contributed by atoms with Gasteiger partial charge in [-0.1, -0.05) is 0 Å². The second-order valence-electron chi connectivity index (χ2n) is 6.87. The zero-order valence-corrected chi connectivity index (χ0v) is 14.3. The van der Waals surface area contributed by atoms with Gasteiger partial charge in [0.05, 0.1) is 12.2 Å². The highest BCUT2D eigenvalue weighted by atomic mass is 19.4. The van der Waals surface area contributed by atoms with Crippen molar-refractivity contribution in [1.29, 1.82) is 0 Å². The monoisotopic (exact) mass is 359 g/mol. The fraction of sp³-hybridized carbons (Fsp3) is 0.750. The van der Waals surface area contributed by atoms with Crippen molar-refractivity contribution in [1.82, 2.24) is 24.9 Å². The minimum absolute atomic E-state index is 0.203. The average molecular weight is 359 g/mol. The number of nitrogens with zero attached hydrogens (tertiary/aromatic N) is 4. The first kappa shape index (κ1) is 18.2. The molecule has 1 amide bonds. The summed E-state index contributed by atoms with van der Waals surface area (Å²) in [5.41, 5.74) is 2.20. The van der Waals surface area contributed by atoms with Gasteiger partial charge in [-0.3, -0.25) is 19.7 Å². The van der Waals surface area contributed by atoms with Gasteiger partial charge in [-0.05, 0) is 19.8 Å². The van der Waals surface area contributed by atoms with Crippen LogP contribution in [0.2, 0.25) is 0 Å². The number of piperidine rings is 1. The average Bonchev–Trinajstić information content (AvgIpc) is 2.94. The molecule has 2 aliphatic rings. The number of carbonyl (C=O) groups excluding carboxylic acids is 1. The quantitative estimate of drug-likeness (QED) is 0.883. The fourth-order valence-electron chi connectivity index (χ4n) is 3.64. The number of hydrogen-bond donors (Lipinski definition) is 1. The molecule has 1 atom stereocenters. The van der Waals surface area contributed by atoms with Crippen molar-refractivity contribution in [2.24, 2.45) is 0 Å². The molecule has 1 N–H and O–H groups in total. The minimum atomic E-state index is -4.33. The van der Waals surface area contributed by atoms with E-state index in [-0.39, 0.29) is 12.5 Å². The molecule has 3 rings (SSSR count). The van der Waals surface area contributed by atoms with Crippen LogP contribution in [0.3, 0.4) is 0 Å². The Labute approximate surface area is 144 Å². The molecule has 25 heavy (non-hydrogen) atoms. The SMILES string of the molecule is Cc1[nH]ncc1CN1CCN([C@H]2CCCN(CC(F)(F)F)C2=O)CC1. The standard InChI is InChI=1S/C16H24F3N5O/c1-12-13(9-20-21-12)10-22-5-7-23(8-6-22)14-3-2-4-24(15(14)25)11-16(17,18)19/h9,14H,2-8,10-11H2,1H3,(H,20,21)/t14-/m0/s1. The highest BCUT2D eigenvalue weighted by Crippen LogP contribution is 2.24. The molecule has 3 heterocycles. The summed E-state index contributed by atoms with van der Waals surface area (Å²) in [5.74, 6) is -0.372. The lowest BCUT2D eigenvalue weighted by Gasteiger charge is -2.42. The van der Waals surface area contributed by atoms with E-state index in [1.165, 1.54) is 0 Å². The van der Waals surface area contributed by atoms with Crippen LogP contribution in [0, 0.1) is 6.92 Å². The molecule has 2 fully saturated rings. The summed E-state index contributed by atoms with van der Waals surface area (Å²) >= 11 is 0. The normalized spacial score (nSPS) is 24.1. The molecule has 6 nitrogen and oxygen atoms in total. The van der Waals surface area contributed by atoms with Crippen LogP contribution in [0.5, 0.6) is 0 Å². The van der Waals surface area contributed by atoms with Crippen LogP contribution in [-0.4, -0.2) is 82.3 Å². The highest BCUT2D eigenvalue weighted by molar-refractivity contribution is 5.82. The number of piperazine rings is 1. The number of nitrogens with one attached hydrogen (secondary N) is 1. The number of hydrogen-bond acceptors (Lipinski definition) is 4. The number of aromatic amines is 1. The van der Waals surface area contributed by atoms with Gasteiger partial charge in [0.2, 0.25) is 5.91 Å². The molecule has 0 unspecified atom stereocenters. The van der Waals surface area contributed by atoms with E-state index < -0.39 is 18.8 Å². The topological polar surface area (TPSA) is 55.5 Å². The molecule has 0 aliphatic carbocycles. The van der Waals surface area contributed by atoms with E-state index in [9.17, 15) is 18.0 Å². The molecule has 0 radical (unpaired) electrons. The summed E-state index contributed by atoms with van der Waals surface area (Å²) in [5, 5.41) is 6.94. The lowest BCUT2D eigenvalue weighted by molar-refractivity contribution is -0.168. The Kier molecular flexibility index (Phi) is 5.33. The number of aryl methyl sites for hydroxylation is 1. The predicted molar refractivity (Wildman–Crippen MR) is 85.8 cm³/mol. The van der Waals surface area contributed by atoms with Crippen LogP contribution in [0.4, 0.5) is 13.2 Å². The van der Waals surface area contributed by atoms with E-state index in [4.69, 9.17) is 0 Å². The van der Waals surface area contributed by atoms with Crippen LogP contribution in [0.25, 0.3) is 0 Å². The zero-order valence-electron chi connectivity index (χ0n) is 14.3. The second-order valence-corrected chi connectivity index (χ2v) is 6.87. The summed E-state index contributed by atoms with van der Waals surface area (Å²) in [6, 6.07) is -0.408. The smallest absolute Gasteiger partial charge is 0.332 e. The molecule has 2 aliphatic heterocycles. The summed E-state index contributed by atoms with van der Waals surface area (Å²) in [7, 11) is 0. The Morgan fingerprint density at radius 1 is 1.24 bits per heavy atom. The van der Waals surface area contributed by atoms with Crippen molar-refractivity contribution in [3.05, 3.63) is 17.5 Å². The van der Waals surface area contributed by atoms with Crippen LogP contribution in [0.1, 0.15) is 24.1 Å². The number of carbonyl (C=O) groups is 1.